The van der Waals surface area contributed by atoms with Gasteiger partial charge >= 0.3 is 6.09 Å². The number of rotatable bonds is 4. The van der Waals surface area contributed by atoms with Gasteiger partial charge in [-0.15, -0.1) is 0 Å². The molecule has 1 unspecified atom stereocenters. The van der Waals surface area contributed by atoms with Crippen molar-refractivity contribution >= 4 is 28.7 Å². The lowest BCUT2D eigenvalue weighted by atomic mass is 10.0. The van der Waals surface area contributed by atoms with E-state index in [9.17, 15) is 9.59 Å². The Morgan fingerprint density at radius 3 is 2.46 bits per heavy atom. The number of piperidine rings is 1. The van der Waals surface area contributed by atoms with Gasteiger partial charge in [0.1, 0.15) is 17.5 Å². The quantitative estimate of drug-likeness (QED) is 0.823. The number of anilines is 1. The van der Waals surface area contributed by atoms with Crippen LogP contribution in [0.1, 0.15) is 65.6 Å². The molecule has 0 spiro atoms. The number of likely N-dealkylation sites (tertiary alicyclic amines) is 1. The highest BCUT2D eigenvalue weighted by Crippen LogP contribution is 2.28. The number of carbonyl (C=O) groups excluding carboxylic acids is 2. The fourth-order valence-electron chi connectivity index (χ4n) is 3.61. The van der Waals surface area contributed by atoms with E-state index in [2.05, 4.69) is 33.4 Å². The number of hydrogen-bond acceptors (Lipinski definition) is 7. The highest BCUT2D eigenvalue weighted by molar-refractivity contribution is 7.09. The Morgan fingerprint density at radius 2 is 1.89 bits per heavy atom. The van der Waals surface area contributed by atoms with E-state index < -0.39 is 17.7 Å². The van der Waals surface area contributed by atoms with Gasteiger partial charge in [-0.05, 0) is 40.0 Å². The van der Waals surface area contributed by atoms with Crippen LogP contribution in [0.5, 0.6) is 0 Å². The van der Waals surface area contributed by atoms with Crippen LogP contribution in [0.4, 0.5) is 9.93 Å². The largest absolute Gasteiger partial charge is 0.444 e. The van der Waals surface area contributed by atoms with Crippen LogP contribution in [-0.2, 0) is 9.53 Å². The van der Waals surface area contributed by atoms with Gasteiger partial charge in [-0.25, -0.2) is 9.78 Å². The summed E-state index contributed by atoms with van der Waals surface area (Å²) in [5.74, 6) is 1.23. The molecule has 2 aliphatic rings. The van der Waals surface area contributed by atoms with Crippen molar-refractivity contribution in [3.05, 3.63) is 5.82 Å². The number of hydrogen-bond donors (Lipinski definition) is 1. The molecule has 2 fully saturated rings. The summed E-state index contributed by atoms with van der Waals surface area (Å²) in [4.78, 5) is 33.6. The van der Waals surface area contributed by atoms with Crippen LogP contribution >= 0.6 is 11.5 Å². The molecule has 0 saturated carbocycles. The number of amides is 2. The molecule has 156 valence electrons. The fourth-order valence-corrected chi connectivity index (χ4v) is 4.47. The predicted molar refractivity (Wildman–Crippen MR) is 109 cm³/mol. The Bertz CT molecular complexity index is 707. The van der Waals surface area contributed by atoms with Gasteiger partial charge < -0.3 is 19.9 Å². The van der Waals surface area contributed by atoms with Crippen LogP contribution in [0.25, 0.3) is 0 Å². The SMILES string of the molecule is CC(C)c1nsc(N2CCC(N3CCC(NC(=O)OC(C)(C)C)C3=O)CC2)n1. The topological polar surface area (TPSA) is 87.7 Å². The monoisotopic (exact) mass is 409 g/mol. The maximum Gasteiger partial charge on any atom is 0.408 e. The Kier molecular flexibility index (Phi) is 6.12. The Morgan fingerprint density at radius 1 is 1.21 bits per heavy atom. The van der Waals surface area contributed by atoms with E-state index in [1.54, 1.807) is 0 Å². The maximum absolute atomic E-state index is 12.8. The van der Waals surface area contributed by atoms with Gasteiger partial charge in [0.05, 0.1) is 0 Å². The second-order valence-electron chi connectivity index (χ2n) is 8.83. The lowest BCUT2D eigenvalue weighted by Crippen LogP contribution is -2.49. The van der Waals surface area contributed by atoms with Crippen molar-refractivity contribution in [3.8, 4) is 0 Å². The van der Waals surface area contributed by atoms with Crippen molar-refractivity contribution in [2.75, 3.05) is 24.5 Å². The van der Waals surface area contributed by atoms with Crippen molar-refractivity contribution < 1.29 is 14.3 Å². The van der Waals surface area contributed by atoms with E-state index in [1.165, 1.54) is 11.5 Å². The lowest BCUT2D eigenvalue weighted by Gasteiger charge is -2.36. The summed E-state index contributed by atoms with van der Waals surface area (Å²) in [6.45, 7) is 12.0. The molecule has 1 aromatic heterocycles. The summed E-state index contributed by atoms with van der Waals surface area (Å²) in [5.41, 5.74) is -0.571. The van der Waals surface area contributed by atoms with E-state index in [4.69, 9.17) is 4.74 Å². The van der Waals surface area contributed by atoms with Crippen LogP contribution in [-0.4, -0.2) is 63.6 Å². The summed E-state index contributed by atoms with van der Waals surface area (Å²) in [5, 5.41) is 3.69. The number of alkyl carbamates (subject to hydrolysis) is 1. The minimum absolute atomic E-state index is 0.00215. The zero-order valence-corrected chi connectivity index (χ0v) is 18.2. The molecular formula is C19H31N5O3S. The fraction of sp³-hybridized carbons (Fsp3) is 0.789. The van der Waals surface area contributed by atoms with Crippen LogP contribution in [0.3, 0.4) is 0 Å². The molecule has 0 aliphatic carbocycles. The van der Waals surface area contributed by atoms with Crippen LogP contribution in [0.15, 0.2) is 0 Å². The van der Waals surface area contributed by atoms with E-state index >= 15 is 0 Å². The van der Waals surface area contributed by atoms with Crippen molar-refractivity contribution in [2.45, 2.75) is 77.5 Å². The summed E-state index contributed by atoms with van der Waals surface area (Å²) in [7, 11) is 0. The molecule has 3 rings (SSSR count). The average molecular weight is 410 g/mol. The number of nitrogens with zero attached hydrogens (tertiary/aromatic N) is 4. The molecule has 3 heterocycles. The van der Waals surface area contributed by atoms with Crippen LogP contribution in [0.2, 0.25) is 0 Å². The number of ether oxygens (including phenoxy) is 1. The summed E-state index contributed by atoms with van der Waals surface area (Å²) >= 11 is 1.45. The standard InChI is InChI=1S/C19H31N5O3S/c1-12(2)15-21-17(28-22-15)23-9-6-13(7-10-23)24-11-8-14(16(24)25)20-18(26)27-19(3,4)5/h12-14H,6-11H2,1-5H3,(H,20,26). The van der Waals surface area contributed by atoms with Crippen LogP contribution < -0.4 is 10.2 Å². The molecule has 0 aromatic carbocycles. The second kappa shape index (κ2) is 8.23. The summed E-state index contributed by atoms with van der Waals surface area (Å²) in [6, 6.07) is -0.267. The van der Waals surface area contributed by atoms with E-state index in [0.29, 0.717) is 18.9 Å². The Balaban J connectivity index is 1.50. The first-order valence-electron chi connectivity index (χ1n) is 10.0. The van der Waals surface area contributed by atoms with Gasteiger partial charge in [0.15, 0.2) is 0 Å². The first-order chi connectivity index (χ1) is 13.1. The average Bonchev–Trinajstić information content (AvgIpc) is 3.22. The van der Waals surface area contributed by atoms with Gasteiger partial charge in [0.25, 0.3) is 0 Å². The number of nitrogens with one attached hydrogen (secondary N) is 1. The Labute approximate surface area is 170 Å². The van der Waals surface area contributed by atoms with Gasteiger partial charge in [0, 0.05) is 43.1 Å². The molecule has 2 saturated heterocycles. The van der Waals surface area contributed by atoms with Crippen molar-refractivity contribution in [1.29, 1.82) is 0 Å². The van der Waals surface area contributed by atoms with E-state index in [0.717, 1.165) is 36.9 Å². The molecule has 0 radical (unpaired) electrons. The van der Waals surface area contributed by atoms with Gasteiger partial charge in [-0.3, -0.25) is 4.79 Å². The first-order valence-corrected chi connectivity index (χ1v) is 10.8. The Hall–Kier alpha value is -1.90. The molecule has 1 atom stereocenters. The van der Waals surface area contributed by atoms with Gasteiger partial charge in [-0.2, -0.15) is 4.37 Å². The molecular weight excluding hydrogens is 378 g/mol. The molecule has 2 amide bonds. The molecule has 8 nitrogen and oxygen atoms in total. The normalized spacial score (nSPS) is 21.5. The van der Waals surface area contributed by atoms with Gasteiger partial charge in [0.2, 0.25) is 11.0 Å². The molecule has 28 heavy (non-hydrogen) atoms. The summed E-state index contributed by atoms with van der Waals surface area (Å²) in [6.07, 6.45) is 1.91. The van der Waals surface area contributed by atoms with Crippen LogP contribution in [0, 0.1) is 0 Å². The lowest BCUT2D eigenvalue weighted by molar-refractivity contribution is -0.131. The molecule has 1 N–H and O–H groups in total. The van der Waals surface area contributed by atoms with Crippen molar-refractivity contribution in [1.82, 2.24) is 19.6 Å². The third-order valence-electron chi connectivity index (χ3n) is 5.05. The maximum atomic E-state index is 12.8. The third kappa shape index (κ3) is 4.92. The van der Waals surface area contributed by atoms with Gasteiger partial charge in [-0.1, -0.05) is 13.8 Å². The number of aromatic nitrogens is 2. The zero-order valence-electron chi connectivity index (χ0n) is 17.4. The second-order valence-corrected chi connectivity index (χ2v) is 9.56. The highest BCUT2D eigenvalue weighted by atomic mass is 32.1. The van der Waals surface area contributed by atoms with Crippen molar-refractivity contribution in [2.24, 2.45) is 0 Å². The highest BCUT2D eigenvalue weighted by Gasteiger charge is 2.38. The van der Waals surface area contributed by atoms with E-state index in [-0.39, 0.29) is 11.9 Å². The molecule has 9 heteroatoms. The minimum atomic E-state index is -0.571. The molecule has 0 bridgehead atoms. The molecule has 1 aromatic rings. The first kappa shape index (κ1) is 20.8. The third-order valence-corrected chi connectivity index (χ3v) is 5.85. The summed E-state index contributed by atoms with van der Waals surface area (Å²) < 4.78 is 9.71. The predicted octanol–water partition coefficient (Wildman–Crippen LogP) is 2.76. The minimum Gasteiger partial charge on any atom is -0.444 e. The zero-order chi connectivity index (χ0) is 20.5. The van der Waals surface area contributed by atoms with Crippen molar-refractivity contribution in [3.63, 3.8) is 0 Å². The molecule has 2 aliphatic heterocycles. The smallest absolute Gasteiger partial charge is 0.408 e. The van der Waals surface area contributed by atoms with E-state index in [1.807, 2.05) is 25.7 Å². The number of carbonyl (C=O) groups is 2.